The van der Waals surface area contributed by atoms with Crippen LogP contribution in [-0.4, -0.2) is 5.78 Å². The lowest BCUT2D eigenvalue weighted by Crippen LogP contribution is -2.22. The molecule has 1 aliphatic carbocycles. The monoisotopic (exact) mass is 356 g/mol. The maximum absolute atomic E-state index is 12.6. The summed E-state index contributed by atoms with van der Waals surface area (Å²) in [4.78, 5) is 12.6. The fourth-order valence-electron chi connectivity index (χ4n) is 2.89. The Hall–Kier alpha value is -0.380. The average Bonchev–Trinajstić information content (AvgIpc) is 2.41. The number of hydrogen-bond donors (Lipinski definition) is 0. The van der Waals surface area contributed by atoms with E-state index in [0.717, 1.165) is 27.9 Å². The summed E-state index contributed by atoms with van der Waals surface area (Å²) in [6.45, 7) is 4.34. The Morgan fingerprint density at radius 1 is 1.28 bits per heavy atom. The van der Waals surface area contributed by atoms with Crippen molar-refractivity contribution in [2.45, 2.75) is 46.0 Å². The third-order valence-corrected chi connectivity index (χ3v) is 5.68. The van der Waals surface area contributed by atoms with E-state index in [-0.39, 0.29) is 5.92 Å². The van der Waals surface area contributed by atoms with Gasteiger partial charge in [0, 0.05) is 15.1 Å². The zero-order valence-electron chi connectivity index (χ0n) is 11.2. The first-order chi connectivity index (χ1) is 8.63. The van der Waals surface area contributed by atoms with Crippen molar-refractivity contribution in [3.05, 3.63) is 32.9 Å². The molecule has 0 aromatic heterocycles. The molecule has 0 amide bonds. The van der Waals surface area contributed by atoms with Crippen molar-refractivity contribution in [3.8, 4) is 0 Å². The van der Waals surface area contributed by atoms with Crippen molar-refractivity contribution in [1.29, 1.82) is 0 Å². The first-order valence-corrected chi connectivity index (χ1v) is 8.00. The van der Waals surface area contributed by atoms with Crippen molar-refractivity contribution in [2.75, 3.05) is 0 Å². The van der Waals surface area contributed by atoms with Crippen LogP contribution in [0.15, 0.2) is 18.2 Å². The van der Waals surface area contributed by atoms with Crippen LogP contribution in [0.1, 0.15) is 54.9 Å². The van der Waals surface area contributed by atoms with E-state index in [2.05, 4.69) is 42.5 Å². The standard InChI is InChI=1S/C16H21IO/c1-3-12-7-9-13(10-8-12)16(18)14-6-4-5-11(2)15(14)17/h4-6,12-13H,3,7-10H2,1-2H3. The van der Waals surface area contributed by atoms with Gasteiger partial charge in [0.2, 0.25) is 0 Å². The zero-order valence-corrected chi connectivity index (χ0v) is 13.4. The maximum Gasteiger partial charge on any atom is 0.167 e. The molecular weight excluding hydrogens is 335 g/mol. The molecule has 0 radical (unpaired) electrons. The van der Waals surface area contributed by atoms with Crippen LogP contribution in [0, 0.1) is 22.3 Å². The van der Waals surface area contributed by atoms with E-state index in [9.17, 15) is 4.79 Å². The number of carbonyl (C=O) groups is 1. The second-order valence-corrected chi connectivity index (χ2v) is 6.51. The van der Waals surface area contributed by atoms with Gasteiger partial charge in [-0.25, -0.2) is 0 Å². The van der Waals surface area contributed by atoms with E-state index < -0.39 is 0 Å². The Morgan fingerprint density at radius 3 is 2.56 bits per heavy atom. The van der Waals surface area contributed by atoms with E-state index >= 15 is 0 Å². The van der Waals surface area contributed by atoms with Gasteiger partial charge in [-0.05, 0) is 66.7 Å². The van der Waals surface area contributed by atoms with Crippen LogP contribution in [0.5, 0.6) is 0 Å². The maximum atomic E-state index is 12.6. The molecule has 1 fully saturated rings. The molecule has 0 heterocycles. The van der Waals surface area contributed by atoms with Crippen LogP contribution >= 0.6 is 22.6 Å². The summed E-state index contributed by atoms with van der Waals surface area (Å²) in [6, 6.07) is 6.07. The van der Waals surface area contributed by atoms with Crippen LogP contribution in [0.4, 0.5) is 0 Å². The van der Waals surface area contributed by atoms with E-state index in [1.807, 2.05) is 12.1 Å². The molecule has 0 saturated heterocycles. The molecule has 0 atom stereocenters. The van der Waals surface area contributed by atoms with Crippen molar-refractivity contribution in [1.82, 2.24) is 0 Å². The molecule has 2 heteroatoms. The van der Waals surface area contributed by atoms with E-state index in [1.54, 1.807) is 0 Å². The lowest BCUT2D eigenvalue weighted by Gasteiger charge is -2.27. The predicted octanol–water partition coefficient (Wildman–Crippen LogP) is 5.00. The van der Waals surface area contributed by atoms with Gasteiger partial charge in [-0.15, -0.1) is 0 Å². The average molecular weight is 356 g/mol. The quantitative estimate of drug-likeness (QED) is 0.550. The normalized spacial score (nSPS) is 23.9. The van der Waals surface area contributed by atoms with Crippen molar-refractivity contribution >= 4 is 28.4 Å². The number of carbonyl (C=O) groups excluding carboxylic acids is 1. The van der Waals surface area contributed by atoms with E-state index in [0.29, 0.717) is 5.78 Å². The first-order valence-electron chi connectivity index (χ1n) is 6.92. The molecule has 18 heavy (non-hydrogen) atoms. The lowest BCUT2D eigenvalue weighted by molar-refractivity contribution is 0.0870. The van der Waals surface area contributed by atoms with Gasteiger partial charge in [0.1, 0.15) is 0 Å². The zero-order chi connectivity index (χ0) is 13.1. The molecule has 1 aromatic carbocycles. The Morgan fingerprint density at radius 2 is 1.94 bits per heavy atom. The van der Waals surface area contributed by atoms with Gasteiger partial charge in [-0.2, -0.15) is 0 Å². The number of halogens is 1. The van der Waals surface area contributed by atoms with Crippen molar-refractivity contribution in [3.63, 3.8) is 0 Å². The molecule has 98 valence electrons. The molecule has 1 aromatic rings. The largest absolute Gasteiger partial charge is 0.294 e. The summed E-state index contributed by atoms with van der Waals surface area (Å²) in [6.07, 6.45) is 5.90. The highest BCUT2D eigenvalue weighted by molar-refractivity contribution is 14.1. The summed E-state index contributed by atoms with van der Waals surface area (Å²) in [5, 5.41) is 0. The molecule has 0 bridgehead atoms. The molecule has 2 rings (SSSR count). The third kappa shape index (κ3) is 2.95. The van der Waals surface area contributed by atoms with Gasteiger partial charge >= 0.3 is 0 Å². The van der Waals surface area contributed by atoms with Gasteiger partial charge in [0.25, 0.3) is 0 Å². The summed E-state index contributed by atoms with van der Waals surface area (Å²) < 4.78 is 1.14. The van der Waals surface area contributed by atoms with Crippen LogP contribution in [0.25, 0.3) is 0 Å². The van der Waals surface area contributed by atoms with Gasteiger partial charge < -0.3 is 0 Å². The van der Waals surface area contributed by atoms with Crippen LogP contribution in [0.2, 0.25) is 0 Å². The van der Waals surface area contributed by atoms with Gasteiger partial charge in [-0.1, -0.05) is 31.5 Å². The number of hydrogen-bond acceptors (Lipinski definition) is 1. The topological polar surface area (TPSA) is 17.1 Å². The summed E-state index contributed by atoms with van der Waals surface area (Å²) in [7, 11) is 0. The third-order valence-electron chi connectivity index (χ3n) is 4.25. The van der Waals surface area contributed by atoms with Crippen molar-refractivity contribution < 1.29 is 4.79 Å². The Bertz CT molecular complexity index is 431. The molecule has 0 spiro atoms. The highest BCUT2D eigenvalue weighted by Crippen LogP contribution is 2.33. The Labute approximate surface area is 123 Å². The fraction of sp³-hybridized carbons (Fsp3) is 0.562. The number of ketones is 1. The second-order valence-electron chi connectivity index (χ2n) is 5.43. The molecule has 1 aliphatic rings. The number of benzene rings is 1. The fourth-order valence-corrected chi connectivity index (χ4v) is 3.52. The van der Waals surface area contributed by atoms with E-state index in [4.69, 9.17) is 0 Å². The molecule has 0 unspecified atom stereocenters. The molecule has 0 aliphatic heterocycles. The van der Waals surface area contributed by atoms with Crippen molar-refractivity contribution in [2.24, 2.45) is 11.8 Å². The minimum atomic E-state index is 0.267. The smallest absolute Gasteiger partial charge is 0.167 e. The highest BCUT2D eigenvalue weighted by atomic mass is 127. The van der Waals surface area contributed by atoms with Crippen LogP contribution in [-0.2, 0) is 0 Å². The Kier molecular flexibility index (Phi) is 4.82. The molecule has 1 nitrogen and oxygen atoms in total. The summed E-state index contributed by atoms with van der Waals surface area (Å²) in [5.74, 6) is 1.49. The van der Waals surface area contributed by atoms with Gasteiger partial charge in [0.05, 0.1) is 0 Å². The first kappa shape index (κ1) is 14.0. The summed E-state index contributed by atoms with van der Waals surface area (Å²) >= 11 is 2.31. The second kappa shape index (κ2) is 6.18. The molecular formula is C16H21IO. The number of aryl methyl sites for hydroxylation is 1. The van der Waals surface area contributed by atoms with E-state index in [1.165, 1.54) is 24.8 Å². The SMILES string of the molecule is CCC1CCC(C(=O)c2cccc(C)c2I)CC1. The van der Waals surface area contributed by atoms with Crippen LogP contribution < -0.4 is 0 Å². The summed E-state index contributed by atoms with van der Waals surface area (Å²) in [5.41, 5.74) is 2.15. The van der Waals surface area contributed by atoms with Gasteiger partial charge in [0.15, 0.2) is 5.78 Å². The van der Waals surface area contributed by atoms with Crippen LogP contribution in [0.3, 0.4) is 0 Å². The Balaban J connectivity index is 2.10. The molecule has 1 saturated carbocycles. The number of rotatable bonds is 3. The molecule has 0 N–H and O–H groups in total. The number of Topliss-reactive ketones (excluding diaryl/α,β-unsaturated/α-hetero) is 1. The lowest BCUT2D eigenvalue weighted by atomic mass is 9.78. The minimum Gasteiger partial charge on any atom is -0.294 e. The highest BCUT2D eigenvalue weighted by Gasteiger charge is 2.27. The predicted molar refractivity (Wildman–Crippen MR) is 84.0 cm³/mol. The van der Waals surface area contributed by atoms with Gasteiger partial charge in [-0.3, -0.25) is 4.79 Å². The minimum absolute atomic E-state index is 0.267.